The Hall–Kier alpha value is -3.50. The Bertz CT molecular complexity index is 1640. The van der Waals surface area contributed by atoms with Crippen LogP contribution in [0.2, 0.25) is 0 Å². The van der Waals surface area contributed by atoms with Crippen molar-refractivity contribution in [2.75, 3.05) is 0 Å². The molecular weight excluding hydrogens is 464 g/mol. The lowest BCUT2D eigenvalue weighted by Gasteiger charge is -2.12. The van der Waals surface area contributed by atoms with Crippen LogP contribution >= 0.6 is 0 Å². The summed E-state index contributed by atoms with van der Waals surface area (Å²) in [6.45, 7) is 0. The molecule has 2 N–H and O–H groups in total. The number of fused-ring (bicyclic) bond motifs is 3. The van der Waals surface area contributed by atoms with E-state index in [0.29, 0.717) is 12.0 Å². The standard InChI is InChI=1S/C34H32N4/c1-2-19(11-23(3-1)29-8-9-30(36-29)32-17-27-16-31(27)37-32)20-4-5-22-12-24(7-6-21(22)10-20)33-18-35-34(38-33)28-14-25-13-26(25)15-28/h1-8,10-12,18,25-28,31-32,37H,9,13-17H2,(H,35,38)/t25-,26+,27-,28?,31-,32+/m1/s1. The second-order valence-electron chi connectivity index (χ2n) is 12.4. The summed E-state index contributed by atoms with van der Waals surface area (Å²) in [4.78, 5) is 13.5. The number of nitrogens with zero attached hydrogens (tertiary/aromatic N) is 2. The maximum Gasteiger partial charge on any atom is 0.109 e. The minimum atomic E-state index is 0.489. The Kier molecular flexibility index (Phi) is 4.51. The van der Waals surface area contributed by atoms with Gasteiger partial charge in [0.2, 0.25) is 0 Å². The molecule has 2 aliphatic heterocycles. The molecule has 38 heavy (non-hydrogen) atoms. The Morgan fingerprint density at radius 1 is 0.711 bits per heavy atom. The number of hydrogen-bond donors (Lipinski definition) is 2. The second-order valence-corrected chi connectivity index (χ2v) is 12.4. The van der Waals surface area contributed by atoms with Gasteiger partial charge in [0.25, 0.3) is 0 Å². The number of aromatic amines is 1. The van der Waals surface area contributed by atoms with Crippen LogP contribution in [0.4, 0.5) is 0 Å². The van der Waals surface area contributed by atoms with Gasteiger partial charge in [0.1, 0.15) is 5.82 Å². The number of allylic oxidation sites excluding steroid dienone is 1. The fourth-order valence-corrected chi connectivity index (χ4v) is 7.50. The fraction of sp³-hybridized carbons (Fsp3) is 0.353. The lowest BCUT2D eigenvalue weighted by Crippen LogP contribution is -2.32. The normalized spacial score (nSPS) is 30.7. The lowest BCUT2D eigenvalue weighted by atomic mass is 9.97. The highest BCUT2D eigenvalue weighted by Gasteiger charge is 2.47. The van der Waals surface area contributed by atoms with E-state index in [-0.39, 0.29) is 0 Å². The SMILES string of the molecule is C1=C(c2cccc(-c3ccc4cc(-c5cnc(C6C[C@@H]7C[C@@H]7C6)[nH]5)ccc4c3)c2)N=C([C@@H]2C[C@H]3C[C@H]3N2)C1. The highest BCUT2D eigenvalue weighted by molar-refractivity contribution is 6.00. The molecule has 4 aromatic rings. The van der Waals surface area contributed by atoms with Crippen molar-refractivity contribution in [2.45, 2.75) is 56.5 Å². The first kappa shape index (κ1) is 21.4. The predicted octanol–water partition coefficient (Wildman–Crippen LogP) is 7.35. The topological polar surface area (TPSA) is 53.1 Å². The van der Waals surface area contributed by atoms with Crippen LogP contribution in [0, 0.1) is 17.8 Å². The van der Waals surface area contributed by atoms with Crippen LogP contribution in [0.15, 0.2) is 77.9 Å². The van der Waals surface area contributed by atoms with Gasteiger partial charge < -0.3 is 10.3 Å². The van der Waals surface area contributed by atoms with E-state index in [0.717, 1.165) is 41.6 Å². The van der Waals surface area contributed by atoms with Crippen LogP contribution < -0.4 is 5.32 Å². The van der Waals surface area contributed by atoms with Gasteiger partial charge in [-0.25, -0.2) is 4.98 Å². The lowest BCUT2D eigenvalue weighted by molar-refractivity contribution is 0.596. The zero-order valence-corrected chi connectivity index (χ0v) is 21.5. The van der Waals surface area contributed by atoms with E-state index < -0.39 is 0 Å². The minimum absolute atomic E-state index is 0.489. The number of hydrogen-bond acceptors (Lipinski definition) is 3. The number of piperidine rings is 1. The van der Waals surface area contributed by atoms with E-state index >= 15 is 0 Å². The molecule has 0 radical (unpaired) electrons. The van der Waals surface area contributed by atoms with E-state index in [1.54, 1.807) is 0 Å². The first-order chi connectivity index (χ1) is 18.7. The van der Waals surface area contributed by atoms with E-state index in [9.17, 15) is 0 Å². The molecule has 9 rings (SSSR count). The number of imidazole rings is 1. The largest absolute Gasteiger partial charge is 0.342 e. The average molecular weight is 497 g/mol. The molecule has 3 aliphatic carbocycles. The van der Waals surface area contributed by atoms with Gasteiger partial charge in [-0.2, -0.15) is 0 Å². The number of rotatable bonds is 5. The van der Waals surface area contributed by atoms with Crippen molar-refractivity contribution in [3.8, 4) is 22.4 Å². The summed E-state index contributed by atoms with van der Waals surface area (Å²) in [7, 11) is 0. The summed E-state index contributed by atoms with van der Waals surface area (Å²) in [6, 6.07) is 23.7. The molecule has 5 aliphatic rings. The summed E-state index contributed by atoms with van der Waals surface area (Å²) in [5.74, 6) is 4.67. The maximum atomic E-state index is 5.06. The fourth-order valence-electron chi connectivity index (χ4n) is 7.50. The highest BCUT2D eigenvalue weighted by Crippen LogP contribution is 2.57. The molecule has 1 saturated heterocycles. The van der Waals surface area contributed by atoms with Gasteiger partial charge in [0.05, 0.1) is 17.6 Å². The molecule has 1 unspecified atom stereocenters. The van der Waals surface area contributed by atoms with Crippen molar-refractivity contribution in [1.29, 1.82) is 0 Å². The van der Waals surface area contributed by atoms with Crippen LogP contribution in [-0.4, -0.2) is 27.8 Å². The van der Waals surface area contributed by atoms with Crippen molar-refractivity contribution < 1.29 is 0 Å². The van der Waals surface area contributed by atoms with Gasteiger partial charge in [0, 0.05) is 41.3 Å². The Morgan fingerprint density at radius 3 is 2.34 bits per heavy atom. The van der Waals surface area contributed by atoms with Crippen molar-refractivity contribution in [3.05, 3.63) is 84.3 Å². The van der Waals surface area contributed by atoms with E-state index in [4.69, 9.17) is 9.98 Å². The highest BCUT2D eigenvalue weighted by atomic mass is 15.1. The molecule has 3 aromatic carbocycles. The first-order valence-electron chi connectivity index (χ1n) is 14.5. The third-order valence-corrected chi connectivity index (χ3v) is 9.92. The van der Waals surface area contributed by atoms with Crippen molar-refractivity contribution in [2.24, 2.45) is 22.7 Å². The van der Waals surface area contributed by atoms with Gasteiger partial charge in [-0.15, -0.1) is 0 Å². The quantitative estimate of drug-likeness (QED) is 0.304. The van der Waals surface area contributed by atoms with E-state index in [1.165, 1.54) is 76.7 Å². The van der Waals surface area contributed by atoms with Gasteiger partial charge >= 0.3 is 0 Å². The van der Waals surface area contributed by atoms with Gasteiger partial charge in [-0.1, -0.05) is 48.5 Å². The van der Waals surface area contributed by atoms with Gasteiger partial charge in [-0.05, 0) is 90.0 Å². The van der Waals surface area contributed by atoms with E-state index in [2.05, 4.69) is 77.0 Å². The zero-order valence-electron chi connectivity index (χ0n) is 21.5. The van der Waals surface area contributed by atoms with Crippen molar-refractivity contribution in [3.63, 3.8) is 0 Å². The summed E-state index contributed by atoms with van der Waals surface area (Å²) in [5.41, 5.74) is 8.50. The molecule has 0 spiro atoms. The first-order valence-corrected chi connectivity index (χ1v) is 14.5. The number of benzene rings is 3. The average Bonchev–Trinajstić information content (AvgIpc) is 3.52. The summed E-state index contributed by atoms with van der Waals surface area (Å²) >= 11 is 0. The molecule has 1 aromatic heterocycles. The number of aromatic nitrogens is 2. The Balaban J connectivity index is 0.962. The van der Waals surface area contributed by atoms with Crippen LogP contribution in [0.5, 0.6) is 0 Å². The van der Waals surface area contributed by atoms with Crippen LogP contribution in [-0.2, 0) is 0 Å². The summed E-state index contributed by atoms with van der Waals surface area (Å²) in [5, 5.41) is 6.28. The third kappa shape index (κ3) is 3.61. The monoisotopic (exact) mass is 496 g/mol. The molecule has 3 heterocycles. The molecule has 188 valence electrons. The third-order valence-electron chi connectivity index (χ3n) is 9.92. The summed E-state index contributed by atoms with van der Waals surface area (Å²) < 4.78 is 0. The molecule has 4 nitrogen and oxygen atoms in total. The van der Waals surface area contributed by atoms with Crippen LogP contribution in [0.1, 0.15) is 55.8 Å². The maximum absolute atomic E-state index is 5.06. The second kappa shape index (κ2) is 8.00. The molecule has 0 bridgehead atoms. The molecule has 6 atom stereocenters. The van der Waals surface area contributed by atoms with Gasteiger partial charge in [0.15, 0.2) is 0 Å². The minimum Gasteiger partial charge on any atom is -0.342 e. The summed E-state index contributed by atoms with van der Waals surface area (Å²) in [6.07, 6.45) is 12.0. The zero-order chi connectivity index (χ0) is 24.8. The smallest absolute Gasteiger partial charge is 0.109 e. The van der Waals surface area contributed by atoms with E-state index in [1.807, 2.05) is 6.20 Å². The predicted molar refractivity (Wildman–Crippen MR) is 154 cm³/mol. The van der Waals surface area contributed by atoms with Crippen molar-refractivity contribution in [1.82, 2.24) is 15.3 Å². The number of H-pyrrole nitrogens is 1. The van der Waals surface area contributed by atoms with Gasteiger partial charge in [-0.3, -0.25) is 4.99 Å². The molecule has 3 saturated carbocycles. The van der Waals surface area contributed by atoms with Crippen LogP contribution in [0.3, 0.4) is 0 Å². The molecule has 4 heteroatoms. The number of nitrogens with one attached hydrogen (secondary N) is 2. The Labute approximate surface area is 223 Å². The number of aliphatic imine (C=N–C) groups is 1. The van der Waals surface area contributed by atoms with Crippen molar-refractivity contribution >= 4 is 22.2 Å². The molecular formula is C34H32N4. The molecule has 0 amide bonds. The van der Waals surface area contributed by atoms with Crippen LogP contribution in [0.25, 0.3) is 38.9 Å². The molecule has 4 fully saturated rings. The Morgan fingerprint density at radius 2 is 1.50 bits per heavy atom.